The molecule has 2 aromatic heterocycles. The second kappa shape index (κ2) is 21.7. The number of ketones is 2. The van der Waals surface area contributed by atoms with Crippen LogP contribution in [0.1, 0.15) is 115 Å². The fraction of sp³-hybridized carbons (Fsp3) is 0.564. The van der Waals surface area contributed by atoms with Gasteiger partial charge in [0.25, 0.3) is 0 Å². The number of rotatable bonds is 8. The minimum atomic E-state index is -3.75. The Hall–Kier alpha value is -6.77. The standard InChI is InChI=1S/C29H36N6O5S.C26H31N5O4/c1-34-14-8-3-2-7-11-20-17-29(20,28(38)32-41(39,40)22-12-13-22)18-25(36)23-15-21(16-24(23)27(34)37)35-31-26(30-33-35)19-9-5-4-6-10-19;1-30-12-8-3-2-7-11-18-15-26(18,25(34)35)16-22(32)20-13-19(14-21(20)24(30)33)31-28-23(27-29-31)17-9-5-4-6-10-17/h4-7,9-11,20-24H,2-3,8,12-18H2,1H3,(H,32,38);4-7,9-11,18-21H,2-3,8,12-16H2,1H3,(H,34,35)/b2*11-7-/t20-,21-,23-,24-,29-;18-,19-,20-,21-,26-/m11/s1. The topological polar surface area (TPSA) is 262 Å². The monoisotopic (exact) mass is 1060 g/mol. The van der Waals surface area contributed by atoms with Crippen molar-refractivity contribution >= 4 is 45.3 Å². The van der Waals surface area contributed by atoms with Gasteiger partial charge in [0, 0.05) is 63.0 Å². The summed E-state index contributed by atoms with van der Waals surface area (Å²) in [6.07, 6.45) is 16.6. The summed E-state index contributed by atoms with van der Waals surface area (Å²) in [5.74, 6) is -3.61. The number of nitrogens with one attached hydrogen (secondary N) is 1. The number of benzene rings is 2. The molecule has 5 aliphatic carbocycles. The molecule has 402 valence electrons. The molecule has 3 amide bonds. The maximum Gasteiger partial charge on any atom is 0.310 e. The summed E-state index contributed by atoms with van der Waals surface area (Å²) >= 11 is 0. The molecule has 0 bridgehead atoms. The van der Waals surface area contributed by atoms with Crippen LogP contribution in [0.3, 0.4) is 0 Å². The van der Waals surface area contributed by atoms with Crippen molar-refractivity contribution in [2.75, 3.05) is 27.2 Å². The van der Waals surface area contributed by atoms with Gasteiger partial charge in [0.05, 0.1) is 40.0 Å². The number of carboxylic acids is 1. The van der Waals surface area contributed by atoms with E-state index in [1.165, 1.54) is 9.59 Å². The van der Waals surface area contributed by atoms with E-state index in [2.05, 4.69) is 35.5 Å². The molecule has 0 unspecified atom stereocenters. The van der Waals surface area contributed by atoms with Gasteiger partial charge in [0.1, 0.15) is 11.6 Å². The summed E-state index contributed by atoms with van der Waals surface area (Å²) in [6, 6.07) is 18.5. The molecule has 76 heavy (non-hydrogen) atoms. The van der Waals surface area contributed by atoms with Crippen molar-refractivity contribution in [2.45, 2.75) is 120 Å². The van der Waals surface area contributed by atoms with Crippen LogP contribution < -0.4 is 4.72 Å². The Bertz CT molecular complexity index is 3010. The molecule has 0 radical (unpaired) electrons. The number of hydrogen-bond acceptors (Lipinski definition) is 14. The normalized spacial score (nSPS) is 32.0. The van der Waals surface area contributed by atoms with Gasteiger partial charge in [-0.05, 0) is 112 Å². The highest BCUT2D eigenvalue weighted by Crippen LogP contribution is 2.59. The van der Waals surface area contributed by atoms with Gasteiger partial charge in [-0.2, -0.15) is 9.59 Å². The van der Waals surface area contributed by atoms with Crippen LogP contribution in [0.25, 0.3) is 22.8 Å². The molecule has 20 nitrogen and oxygen atoms in total. The molecular weight excluding hydrogens is 991 g/mol. The zero-order valence-electron chi connectivity index (χ0n) is 43.1. The molecule has 2 aliphatic heterocycles. The summed E-state index contributed by atoms with van der Waals surface area (Å²) in [5, 5.41) is 35.4. The smallest absolute Gasteiger partial charge is 0.310 e. The lowest BCUT2D eigenvalue weighted by Crippen LogP contribution is -2.42. The number of sulfonamides is 1. The van der Waals surface area contributed by atoms with Gasteiger partial charge in [0.2, 0.25) is 39.4 Å². The Morgan fingerprint density at radius 1 is 0.618 bits per heavy atom. The van der Waals surface area contributed by atoms with Crippen molar-refractivity contribution in [2.24, 2.45) is 46.3 Å². The van der Waals surface area contributed by atoms with Gasteiger partial charge in [-0.25, -0.2) is 8.42 Å². The van der Waals surface area contributed by atoms with Crippen LogP contribution in [0.5, 0.6) is 0 Å². The van der Waals surface area contributed by atoms with Crippen molar-refractivity contribution in [3.63, 3.8) is 0 Å². The first kappa shape index (κ1) is 52.7. The molecular formula is C55H67N11O9S. The second-order valence-electron chi connectivity index (χ2n) is 22.3. The predicted molar refractivity (Wildman–Crippen MR) is 276 cm³/mol. The Balaban J connectivity index is 0.000000175. The lowest BCUT2D eigenvalue weighted by molar-refractivity contribution is -0.147. The first-order valence-corrected chi connectivity index (χ1v) is 28.5. The van der Waals surface area contributed by atoms with Crippen molar-refractivity contribution in [1.82, 2.24) is 54.9 Å². The van der Waals surface area contributed by atoms with Crippen LogP contribution in [0.15, 0.2) is 85.0 Å². The highest BCUT2D eigenvalue weighted by molar-refractivity contribution is 7.90. The number of tetrazole rings is 2. The quantitative estimate of drug-likeness (QED) is 0.197. The molecule has 5 fully saturated rings. The van der Waals surface area contributed by atoms with Crippen LogP contribution >= 0.6 is 0 Å². The summed E-state index contributed by atoms with van der Waals surface area (Å²) in [4.78, 5) is 86.7. The van der Waals surface area contributed by atoms with Gasteiger partial charge in [0.15, 0.2) is 0 Å². The van der Waals surface area contributed by atoms with E-state index < -0.39 is 61.7 Å². The van der Waals surface area contributed by atoms with Crippen molar-refractivity contribution in [3.8, 4) is 22.8 Å². The molecule has 11 rings (SSSR count). The highest BCUT2D eigenvalue weighted by atomic mass is 32.2. The van der Waals surface area contributed by atoms with Gasteiger partial charge >= 0.3 is 5.97 Å². The van der Waals surface area contributed by atoms with Gasteiger partial charge in [-0.1, -0.05) is 85.0 Å². The highest BCUT2D eigenvalue weighted by Gasteiger charge is 2.63. The number of nitrogens with zero attached hydrogens (tertiary/aromatic N) is 10. The van der Waals surface area contributed by atoms with Crippen LogP contribution in [-0.2, 0) is 38.8 Å². The van der Waals surface area contributed by atoms with Crippen molar-refractivity contribution < 1.29 is 42.3 Å². The van der Waals surface area contributed by atoms with Crippen molar-refractivity contribution in [1.29, 1.82) is 0 Å². The number of carbonyl (C=O) groups excluding carboxylic acids is 5. The number of aliphatic carboxylic acids is 1. The van der Waals surface area contributed by atoms with Gasteiger partial charge in [-0.15, -0.1) is 20.4 Å². The zero-order chi connectivity index (χ0) is 53.4. The Labute approximate surface area is 442 Å². The van der Waals surface area contributed by atoms with E-state index in [-0.39, 0.29) is 60.1 Å². The summed E-state index contributed by atoms with van der Waals surface area (Å²) in [5.41, 5.74) is -0.479. The largest absolute Gasteiger partial charge is 0.481 e. The maximum absolute atomic E-state index is 14.0. The lowest BCUT2D eigenvalue weighted by atomic mass is 9.84. The average molecular weight is 1060 g/mol. The number of carboxylic acid groups (broad SMARTS) is 1. The molecule has 4 aromatic rings. The summed E-state index contributed by atoms with van der Waals surface area (Å²) in [6.45, 7) is 1.24. The fourth-order valence-corrected chi connectivity index (χ4v) is 13.6. The van der Waals surface area contributed by atoms with E-state index in [1.807, 2.05) is 85.0 Å². The van der Waals surface area contributed by atoms with E-state index in [4.69, 9.17) is 0 Å². The number of aromatic nitrogens is 8. The molecule has 4 heterocycles. The van der Waals surface area contributed by atoms with E-state index in [0.29, 0.717) is 76.1 Å². The Kier molecular flexibility index (Phi) is 15.0. The van der Waals surface area contributed by atoms with E-state index >= 15 is 0 Å². The van der Waals surface area contributed by atoms with Crippen LogP contribution in [-0.4, -0.2) is 131 Å². The number of hydrogen-bond donors (Lipinski definition) is 2. The molecule has 0 saturated heterocycles. The molecule has 5 saturated carbocycles. The minimum absolute atomic E-state index is 0.0394. The van der Waals surface area contributed by atoms with Crippen LogP contribution in [0.4, 0.5) is 0 Å². The second-order valence-corrected chi connectivity index (χ2v) is 24.3. The zero-order valence-corrected chi connectivity index (χ0v) is 43.9. The fourth-order valence-electron chi connectivity index (χ4n) is 12.2. The minimum Gasteiger partial charge on any atom is -0.481 e. The van der Waals surface area contributed by atoms with Crippen LogP contribution in [0, 0.1) is 46.3 Å². The van der Waals surface area contributed by atoms with Crippen molar-refractivity contribution in [3.05, 3.63) is 85.0 Å². The molecule has 10 atom stereocenters. The van der Waals surface area contributed by atoms with E-state index in [0.717, 1.165) is 49.7 Å². The average Bonchev–Trinajstić information content (AvgIpc) is 4.39. The lowest BCUT2D eigenvalue weighted by Gasteiger charge is -2.26. The summed E-state index contributed by atoms with van der Waals surface area (Å²) < 4.78 is 27.5. The SMILES string of the molecule is CN1CCCC/C=C\[C@@H]2C[C@@]2(C(=O)NS(=O)(=O)C2CC2)CC(=O)[C@@H]2C[C@@H](n3nnc(-c4ccccc4)n3)C[C@H]2C1=O.CN1CCCC/C=C\[C@@H]2C[C@@]2(C(=O)O)CC(=O)[C@@H]2C[C@@H](n3nnc(-c4ccccc4)n3)C[C@H]2C1=O. The third kappa shape index (κ3) is 11.1. The first-order chi connectivity index (χ1) is 36.6. The molecule has 2 N–H and O–H groups in total. The molecule has 21 heteroatoms. The Morgan fingerprint density at radius 3 is 1.51 bits per heavy atom. The third-order valence-electron chi connectivity index (χ3n) is 17.2. The number of amides is 3. The summed E-state index contributed by atoms with van der Waals surface area (Å²) in [7, 11) is -0.187. The molecule has 2 aromatic carbocycles. The number of fused-ring (bicyclic) bond motifs is 4. The van der Waals surface area contributed by atoms with E-state index in [1.54, 1.807) is 23.9 Å². The van der Waals surface area contributed by atoms with Gasteiger partial charge < -0.3 is 14.9 Å². The number of carbonyl (C=O) groups is 6. The van der Waals surface area contributed by atoms with E-state index in [9.17, 15) is 42.3 Å². The predicted octanol–water partition coefficient (Wildman–Crippen LogP) is 5.84. The number of allylic oxidation sites excluding steroid dienone is 4. The Morgan fingerprint density at radius 2 is 1.05 bits per heavy atom. The molecule has 7 aliphatic rings. The first-order valence-electron chi connectivity index (χ1n) is 26.9. The van der Waals surface area contributed by atoms with Crippen LogP contribution in [0.2, 0.25) is 0 Å². The molecule has 0 spiro atoms. The number of Topliss-reactive ketones (excluding diaryl/α,β-unsaturated/α-hetero) is 2. The maximum atomic E-state index is 14.0. The third-order valence-corrected chi connectivity index (χ3v) is 19.0. The van der Waals surface area contributed by atoms with Gasteiger partial charge in [-0.3, -0.25) is 33.5 Å².